The fourth-order valence-corrected chi connectivity index (χ4v) is 4.13. The number of fused-ring (bicyclic) bond motifs is 1. The van der Waals surface area contributed by atoms with Gasteiger partial charge in [-0.25, -0.2) is 0 Å². The number of amides is 1. The third-order valence-electron chi connectivity index (χ3n) is 5.34. The van der Waals surface area contributed by atoms with Crippen LogP contribution in [0.4, 0.5) is 5.69 Å². The van der Waals surface area contributed by atoms with Gasteiger partial charge in [0.25, 0.3) is 0 Å². The van der Waals surface area contributed by atoms with Gasteiger partial charge in [-0.05, 0) is 18.1 Å². The molecule has 2 aromatic rings. The van der Waals surface area contributed by atoms with Gasteiger partial charge >= 0.3 is 0 Å². The summed E-state index contributed by atoms with van der Waals surface area (Å²) in [6.07, 6.45) is 1.56. The number of anilines is 1. The average Bonchev–Trinajstić information content (AvgIpc) is 3.15. The number of hydrogen-bond acceptors (Lipinski definition) is 4. The lowest BCUT2D eigenvalue weighted by atomic mass is 10.0. The second-order valence-electron chi connectivity index (χ2n) is 7.05. The third-order valence-corrected chi connectivity index (χ3v) is 5.34. The number of para-hydroxylation sites is 1. The minimum atomic E-state index is -0.0132. The van der Waals surface area contributed by atoms with Crippen LogP contribution in [0.15, 0.2) is 30.3 Å². The summed E-state index contributed by atoms with van der Waals surface area (Å²) in [5.41, 5.74) is 4.18. The Morgan fingerprint density at radius 2 is 2.08 bits per heavy atom. The number of aromatic nitrogens is 2. The molecule has 1 atom stereocenters. The van der Waals surface area contributed by atoms with Crippen LogP contribution in [0, 0.1) is 5.92 Å². The number of benzene rings is 1. The van der Waals surface area contributed by atoms with Crippen LogP contribution >= 0.6 is 0 Å². The van der Waals surface area contributed by atoms with Crippen molar-refractivity contribution in [3.8, 4) is 0 Å². The molecule has 2 aliphatic rings. The first-order valence-electron chi connectivity index (χ1n) is 8.88. The van der Waals surface area contributed by atoms with Gasteiger partial charge < -0.3 is 10.0 Å². The molecule has 3 heterocycles. The van der Waals surface area contributed by atoms with E-state index in [-0.39, 0.29) is 12.5 Å². The van der Waals surface area contributed by atoms with E-state index in [1.165, 1.54) is 11.3 Å². The Kier molecular flexibility index (Phi) is 4.31. The molecule has 0 aliphatic carbocycles. The van der Waals surface area contributed by atoms with Gasteiger partial charge in [-0.15, -0.1) is 0 Å². The van der Waals surface area contributed by atoms with Crippen molar-refractivity contribution in [1.82, 2.24) is 14.7 Å². The van der Waals surface area contributed by atoms with E-state index in [9.17, 15) is 9.90 Å². The Balaban J connectivity index is 1.43. The molecule has 132 valence electrons. The molecular formula is C19H24N4O2. The zero-order chi connectivity index (χ0) is 17.4. The highest BCUT2D eigenvalue weighted by atomic mass is 16.3. The SMILES string of the molecule is Cn1nc(CO)c2c1CCN(C[C@@H]1CC(=O)N(c3ccccc3)C1)C2. The van der Waals surface area contributed by atoms with Crippen LogP contribution in [0.1, 0.15) is 23.4 Å². The molecule has 1 aromatic carbocycles. The molecule has 1 amide bonds. The first-order chi connectivity index (χ1) is 12.2. The van der Waals surface area contributed by atoms with E-state index in [0.717, 1.165) is 44.0 Å². The van der Waals surface area contributed by atoms with Gasteiger partial charge in [0.15, 0.2) is 0 Å². The maximum Gasteiger partial charge on any atom is 0.227 e. The summed E-state index contributed by atoms with van der Waals surface area (Å²) in [4.78, 5) is 16.7. The standard InChI is InChI=1S/C19H24N4O2/c1-21-18-7-8-22(12-16(18)17(13-24)20-21)10-14-9-19(25)23(11-14)15-5-3-2-4-6-15/h2-6,14,24H,7-13H2,1H3/t14-/m0/s1. The van der Waals surface area contributed by atoms with Crippen LogP contribution in [0.3, 0.4) is 0 Å². The highest BCUT2D eigenvalue weighted by Gasteiger charge is 2.33. The van der Waals surface area contributed by atoms with E-state index in [0.29, 0.717) is 12.3 Å². The molecule has 6 nitrogen and oxygen atoms in total. The summed E-state index contributed by atoms with van der Waals surface area (Å²) in [5, 5.41) is 13.9. The van der Waals surface area contributed by atoms with Crippen LogP contribution in [0.25, 0.3) is 0 Å². The van der Waals surface area contributed by atoms with Crippen LogP contribution in [0.2, 0.25) is 0 Å². The van der Waals surface area contributed by atoms with Crippen LogP contribution in [-0.2, 0) is 31.4 Å². The van der Waals surface area contributed by atoms with E-state index < -0.39 is 0 Å². The quantitative estimate of drug-likeness (QED) is 0.912. The fourth-order valence-electron chi connectivity index (χ4n) is 4.13. The van der Waals surface area contributed by atoms with Gasteiger partial charge in [0.2, 0.25) is 5.91 Å². The number of carbonyl (C=O) groups is 1. The molecule has 1 saturated heterocycles. The highest BCUT2D eigenvalue weighted by Crippen LogP contribution is 2.28. The summed E-state index contributed by atoms with van der Waals surface area (Å²) < 4.78 is 1.90. The zero-order valence-corrected chi connectivity index (χ0v) is 14.6. The minimum Gasteiger partial charge on any atom is -0.390 e. The first kappa shape index (κ1) is 16.3. The Hall–Kier alpha value is -2.18. The first-order valence-corrected chi connectivity index (χ1v) is 8.88. The molecule has 1 aromatic heterocycles. The van der Waals surface area contributed by atoms with Crippen molar-refractivity contribution >= 4 is 11.6 Å². The van der Waals surface area contributed by atoms with Gasteiger partial charge in [0, 0.05) is 63.0 Å². The molecule has 0 spiro atoms. The lowest BCUT2D eigenvalue weighted by Crippen LogP contribution is -2.36. The van der Waals surface area contributed by atoms with Crippen molar-refractivity contribution in [3.05, 3.63) is 47.3 Å². The van der Waals surface area contributed by atoms with Gasteiger partial charge in [0.1, 0.15) is 0 Å². The number of rotatable bonds is 4. The van der Waals surface area contributed by atoms with E-state index in [4.69, 9.17) is 0 Å². The number of carbonyl (C=O) groups excluding carboxylic acids is 1. The van der Waals surface area contributed by atoms with Crippen molar-refractivity contribution in [2.75, 3.05) is 24.5 Å². The smallest absolute Gasteiger partial charge is 0.227 e. The Morgan fingerprint density at radius 3 is 2.84 bits per heavy atom. The Labute approximate surface area is 147 Å². The van der Waals surface area contributed by atoms with E-state index in [1.54, 1.807) is 0 Å². The van der Waals surface area contributed by atoms with Crippen molar-refractivity contribution in [3.63, 3.8) is 0 Å². The second kappa shape index (κ2) is 6.61. The normalized spacial score (nSPS) is 21.0. The maximum atomic E-state index is 12.4. The van der Waals surface area contributed by atoms with Gasteiger partial charge in [-0.3, -0.25) is 14.4 Å². The third kappa shape index (κ3) is 3.07. The predicted molar refractivity (Wildman–Crippen MR) is 95.0 cm³/mol. The molecule has 4 rings (SSSR count). The molecule has 1 N–H and O–H groups in total. The molecule has 0 unspecified atom stereocenters. The van der Waals surface area contributed by atoms with Crippen molar-refractivity contribution in [2.24, 2.45) is 13.0 Å². The molecule has 25 heavy (non-hydrogen) atoms. The summed E-state index contributed by atoms with van der Waals surface area (Å²) >= 11 is 0. The minimum absolute atomic E-state index is 0.0132. The summed E-state index contributed by atoms with van der Waals surface area (Å²) in [7, 11) is 1.95. The molecule has 2 aliphatic heterocycles. The Morgan fingerprint density at radius 1 is 1.28 bits per heavy atom. The highest BCUT2D eigenvalue weighted by molar-refractivity contribution is 5.95. The van der Waals surface area contributed by atoms with Crippen LogP contribution in [-0.4, -0.2) is 45.3 Å². The molecule has 6 heteroatoms. The number of aryl methyl sites for hydroxylation is 1. The predicted octanol–water partition coefficient (Wildman–Crippen LogP) is 1.32. The summed E-state index contributed by atoms with van der Waals surface area (Å²) in [6.45, 7) is 3.48. The monoisotopic (exact) mass is 340 g/mol. The number of hydrogen-bond donors (Lipinski definition) is 1. The second-order valence-corrected chi connectivity index (χ2v) is 7.05. The van der Waals surface area contributed by atoms with Crippen LogP contribution in [0.5, 0.6) is 0 Å². The molecule has 0 radical (unpaired) electrons. The number of aliphatic hydroxyl groups excluding tert-OH is 1. The van der Waals surface area contributed by atoms with Gasteiger partial charge in [-0.2, -0.15) is 5.10 Å². The lowest BCUT2D eigenvalue weighted by Gasteiger charge is -2.29. The largest absolute Gasteiger partial charge is 0.390 e. The van der Waals surface area contributed by atoms with Crippen LogP contribution < -0.4 is 4.90 Å². The molecular weight excluding hydrogens is 316 g/mol. The van der Waals surface area contributed by atoms with Gasteiger partial charge in [0.05, 0.1) is 12.3 Å². The maximum absolute atomic E-state index is 12.4. The fraction of sp³-hybridized carbons (Fsp3) is 0.474. The molecule has 1 fully saturated rings. The molecule has 0 bridgehead atoms. The van der Waals surface area contributed by atoms with Crippen molar-refractivity contribution < 1.29 is 9.90 Å². The van der Waals surface area contributed by atoms with E-state index in [1.807, 2.05) is 47.0 Å². The topological polar surface area (TPSA) is 61.6 Å². The number of nitrogens with zero attached hydrogens (tertiary/aromatic N) is 4. The van der Waals surface area contributed by atoms with E-state index >= 15 is 0 Å². The summed E-state index contributed by atoms with van der Waals surface area (Å²) in [6, 6.07) is 9.91. The summed E-state index contributed by atoms with van der Waals surface area (Å²) in [5.74, 6) is 0.565. The molecule has 0 saturated carbocycles. The Bertz CT molecular complexity index is 771. The van der Waals surface area contributed by atoms with Crippen molar-refractivity contribution in [2.45, 2.75) is 26.0 Å². The average molecular weight is 340 g/mol. The zero-order valence-electron chi connectivity index (χ0n) is 14.6. The van der Waals surface area contributed by atoms with Crippen molar-refractivity contribution in [1.29, 1.82) is 0 Å². The number of aliphatic hydroxyl groups is 1. The van der Waals surface area contributed by atoms with E-state index in [2.05, 4.69) is 10.00 Å². The lowest BCUT2D eigenvalue weighted by molar-refractivity contribution is -0.117. The van der Waals surface area contributed by atoms with Gasteiger partial charge in [-0.1, -0.05) is 18.2 Å².